The van der Waals surface area contributed by atoms with Gasteiger partial charge in [0.15, 0.2) is 0 Å². The van der Waals surface area contributed by atoms with E-state index in [2.05, 4.69) is 15.3 Å². The summed E-state index contributed by atoms with van der Waals surface area (Å²) in [5.41, 5.74) is 2.47. The number of rotatable bonds is 4. The third kappa shape index (κ3) is 2.59. The summed E-state index contributed by atoms with van der Waals surface area (Å²) in [6.45, 7) is 4.28. The Labute approximate surface area is 141 Å². The molecular formula is C18H24N4O2. The van der Waals surface area contributed by atoms with Crippen molar-refractivity contribution in [3.63, 3.8) is 0 Å². The second kappa shape index (κ2) is 6.18. The molecule has 1 atom stereocenters. The number of methoxy groups -OCH3 is 1. The second-order valence-corrected chi connectivity index (χ2v) is 6.89. The third-order valence-electron chi connectivity index (χ3n) is 5.54. The number of carbonyl (C=O) groups excluding carboxylic acids is 1. The van der Waals surface area contributed by atoms with Crippen LogP contribution in [-0.2, 0) is 18.3 Å². The Morgan fingerprint density at radius 1 is 1.38 bits per heavy atom. The van der Waals surface area contributed by atoms with Crippen LogP contribution < -0.4 is 5.32 Å². The van der Waals surface area contributed by atoms with Gasteiger partial charge in [-0.05, 0) is 44.0 Å². The van der Waals surface area contributed by atoms with Gasteiger partial charge in [0.05, 0.1) is 23.9 Å². The largest absolute Gasteiger partial charge is 0.465 e. The summed E-state index contributed by atoms with van der Waals surface area (Å²) in [4.78, 5) is 14.6. The fraction of sp³-hybridized carbons (Fsp3) is 0.556. The molecule has 3 saturated heterocycles. The van der Waals surface area contributed by atoms with Gasteiger partial charge in [-0.1, -0.05) is 6.07 Å². The summed E-state index contributed by atoms with van der Waals surface area (Å²) in [6.07, 6.45) is 2.57. The van der Waals surface area contributed by atoms with Gasteiger partial charge in [0, 0.05) is 31.6 Å². The van der Waals surface area contributed by atoms with Gasteiger partial charge in [-0.3, -0.25) is 4.68 Å². The zero-order chi connectivity index (χ0) is 16.7. The Balaban J connectivity index is 1.61. The van der Waals surface area contributed by atoms with E-state index in [9.17, 15) is 4.79 Å². The van der Waals surface area contributed by atoms with Crippen molar-refractivity contribution in [2.24, 2.45) is 13.0 Å². The number of hydrogen-bond donors (Lipinski definition) is 1. The molecular weight excluding hydrogens is 304 g/mol. The molecule has 0 amide bonds. The lowest BCUT2D eigenvalue weighted by Crippen LogP contribution is -2.55. The highest BCUT2D eigenvalue weighted by atomic mass is 16.5. The van der Waals surface area contributed by atoms with Crippen molar-refractivity contribution in [3.8, 4) is 0 Å². The summed E-state index contributed by atoms with van der Waals surface area (Å²) in [5, 5.41) is 9.24. The normalized spacial score (nSPS) is 26.0. The fourth-order valence-corrected chi connectivity index (χ4v) is 4.23. The van der Waals surface area contributed by atoms with Crippen LogP contribution in [0.25, 0.3) is 10.9 Å². The van der Waals surface area contributed by atoms with Crippen LogP contribution in [0.3, 0.4) is 0 Å². The quantitative estimate of drug-likeness (QED) is 0.863. The number of fused-ring (bicyclic) bond motifs is 4. The molecule has 0 aliphatic carbocycles. The van der Waals surface area contributed by atoms with Gasteiger partial charge >= 0.3 is 5.97 Å². The van der Waals surface area contributed by atoms with E-state index < -0.39 is 0 Å². The number of benzene rings is 1. The van der Waals surface area contributed by atoms with Crippen LogP contribution in [0.15, 0.2) is 18.2 Å². The highest BCUT2D eigenvalue weighted by Crippen LogP contribution is 2.28. The molecule has 0 unspecified atom stereocenters. The Hall–Kier alpha value is -1.92. The number of aryl methyl sites for hydroxylation is 1. The van der Waals surface area contributed by atoms with Gasteiger partial charge in [-0.25, -0.2) is 4.79 Å². The average Bonchev–Trinajstić information content (AvgIpc) is 2.96. The highest BCUT2D eigenvalue weighted by Gasteiger charge is 2.33. The summed E-state index contributed by atoms with van der Waals surface area (Å²) >= 11 is 0. The van der Waals surface area contributed by atoms with Gasteiger partial charge in [-0.15, -0.1) is 0 Å². The molecule has 0 radical (unpaired) electrons. The molecule has 2 aromatic rings. The number of hydrogen-bond acceptors (Lipinski definition) is 5. The average molecular weight is 328 g/mol. The first-order valence-electron chi connectivity index (χ1n) is 8.66. The van der Waals surface area contributed by atoms with Crippen LogP contribution in [-0.4, -0.2) is 53.4 Å². The maximum Gasteiger partial charge on any atom is 0.338 e. The predicted octanol–water partition coefficient (Wildman–Crippen LogP) is 1.54. The highest BCUT2D eigenvalue weighted by molar-refractivity contribution is 6.04. The van der Waals surface area contributed by atoms with Crippen LogP contribution in [0.1, 0.15) is 28.9 Å². The van der Waals surface area contributed by atoms with E-state index in [0.717, 1.165) is 29.1 Å². The number of nitrogens with zero attached hydrogens (tertiary/aromatic N) is 3. The zero-order valence-corrected chi connectivity index (χ0v) is 14.3. The van der Waals surface area contributed by atoms with E-state index in [4.69, 9.17) is 4.74 Å². The third-order valence-corrected chi connectivity index (χ3v) is 5.54. The van der Waals surface area contributed by atoms with Crippen molar-refractivity contribution in [1.29, 1.82) is 0 Å². The Morgan fingerprint density at radius 3 is 2.83 bits per heavy atom. The molecule has 1 N–H and O–H groups in total. The molecule has 1 aromatic carbocycles. The summed E-state index contributed by atoms with van der Waals surface area (Å²) in [5.74, 6) is 0.461. The zero-order valence-electron chi connectivity index (χ0n) is 14.3. The Bertz CT molecular complexity index is 762. The van der Waals surface area contributed by atoms with Crippen LogP contribution in [0, 0.1) is 5.92 Å². The summed E-state index contributed by atoms with van der Waals surface area (Å²) < 4.78 is 6.78. The Kier molecular flexibility index (Phi) is 4.02. The monoisotopic (exact) mass is 328 g/mol. The number of esters is 1. The van der Waals surface area contributed by atoms with E-state index in [1.807, 2.05) is 29.9 Å². The number of ether oxygens (including phenoxy) is 1. The minimum Gasteiger partial charge on any atom is -0.465 e. The molecule has 0 spiro atoms. The van der Waals surface area contributed by atoms with Crippen LogP contribution in [0.5, 0.6) is 0 Å². The van der Waals surface area contributed by atoms with Crippen molar-refractivity contribution in [2.45, 2.75) is 25.4 Å². The molecule has 1 aromatic heterocycles. The van der Waals surface area contributed by atoms with Crippen molar-refractivity contribution >= 4 is 16.9 Å². The predicted molar refractivity (Wildman–Crippen MR) is 91.8 cm³/mol. The summed E-state index contributed by atoms with van der Waals surface area (Å²) in [7, 11) is 3.34. The van der Waals surface area contributed by atoms with Crippen LogP contribution in [0.4, 0.5) is 0 Å². The maximum atomic E-state index is 12.1. The van der Waals surface area contributed by atoms with Crippen molar-refractivity contribution in [3.05, 3.63) is 29.5 Å². The number of aromatic nitrogens is 2. The fourth-order valence-electron chi connectivity index (χ4n) is 4.23. The molecule has 6 heteroatoms. The van der Waals surface area contributed by atoms with E-state index in [0.29, 0.717) is 18.2 Å². The molecule has 6 nitrogen and oxygen atoms in total. The van der Waals surface area contributed by atoms with E-state index >= 15 is 0 Å². The van der Waals surface area contributed by atoms with Crippen LogP contribution >= 0.6 is 0 Å². The molecule has 3 fully saturated rings. The lowest BCUT2D eigenvalue weighted by molar-refractivity contribution is 0.0603. The number of nitrogens with one attached hydrogen (secondary N) is 1. The van der Waals surface area contributed by atoms with Crippen molar-refractivity contribution < 1.29 is 9.53 Å². The number of piperidine rings is 3. The second-order valence-electron chi connectivity index (χ2n) is 6.89. The SMILES string of the molecule is COC(=O)c1cccc2c1c(CN[C@@H]1CN3CCC1CC3)nn2C. The lowest BCUT2D eigenvalue weighted by Gasteiger charge is -2.45. The van der Waals surface area contributed by atoms with Gasteiger partial charge < -0.3 is 15.0 Å². The van der Waals surface area contributed by atoms with E-state index in [1.54, 1.807) is 0 Å². The maximum absolute atomic E-state index is 12.1. The van der Waals surface area contributed by atoms with Crippen molar-refractivity contribution in [1.82, 2.24) is 20.0 Å². The molecule has 3 aliphatic rings. The van der Waals surface area contributed by atoms with Crippen molar-refractivity contribution in [2.75, 3.05) is 26.7 Å². The minimum atomic E-state index is -0.308. The molecule has 0 saturated carbocycles. The summed E-state index contributed by atoms with van der Waals surface area (Å²) in [6, 6.07) is 6.20. The molecule has 24 heavy (non-hydrogen) atoms. The minimum absolute atomic E-state index is 0.308. The molecule has 4 heterocycles. The number of carbonyl (C=O) groups is 1. The Morgan fingerprint density at radius 2 is 2.17 bits per heavy atom. The molecule has 2 bridgehead atoms. The first kappa shape index (κ1) is 15.6. The van der Waals surface area contributed by atoms with Gasteiger partial charge in [0.1, 0.15) is 0 Å². The van der Waals surface area contributed by atoms with E-state index in [-0.39, 0.29) is 5.97 Å². The first-order chi connectivity index (χ1) is 11.7. The topological polar surface area (TPSA) is 59.4 Å². The molecule has 3 aliphatic heterocycles. The van der Waals surface area contributed by atoms with Gasteiger partial charge in [-0.2, -0.15) is 5.10 Å². The molecule has 5 rings (SSSR count). The smallest absolute Gasteiger partial charge is 0.338 e. The molecule has 128 valence electrons. The lowest BCUT2D eigenvalue weighted by atomic mass is 9.84. The van der Waals surface area contributed by atoms with Crippen LogP contribution in [0.2, 0.25) is 0 Å². The van der Waals surface area contributed by atoms with Gasteiger partial charge in [0.25, 0.3) is 0 Å². The van der Waals surface area contributed by atoms with Gasteiger partial charge in [0.2, 0.25) is 0 Å². The standard InChI is InChI=1S/C18H24N4O2/c1-21-16-5-3-4-13(18(23)24-2)17(16)14(20-21)10-19-15-11-22-8-6-12(15)7-9-22/h3-5,12,15,19H,6-11H2,1-2H3/t15-/m1/s1. The van der Waals surface area contributed by atoms with E-state index in [1.165, 1.54) is 33.0 Å². The first-order valence-corrected chi connectivity index (χ1v) is 8.66.